The fourth-order valence-corrected chi connectivity index (χ4v) is 4.06. The zero-order chi connectivity index (χ0) is 19.6. The van der Waals surface area contributed by atoms with Gasteiger partial charge in [0.1, 0.15) is 0 Å². The number of aromatic nitrogens is 1. The molecule has 2 fully saturated rings. The molecule has 1 N–H and O–H groups in total. The molecule has 3 atom stereocenters. The number of likely N-dealkylation sites (N-methyl/N-ethyl adjacent to an activating group) is 1. The summed E-state index contributed by atoms with van der Waals surface area (Å²) in [5, 5.41) is 3.01. The SMILES string of the molecule is CO[C@@H]1CC[C@H](C(=O)N2CCN(C)CC2)C[C@H]1NC(=O)c1oc(C)nc1C. The topological polar surface area (TPSA) is 87.9 Å². The first kappa shape index (κ1) is 19.8. The van der Waals surface area contributed by atoms with E-state index < -0.39 is 0 Å². The summed E-state index contributed by atoms with van der Waals surface area (Å²) in [7, 11) is 3.72. The second-order valence-corrected chi connectivity index (χ2v) is 7.64. The van der Waals surface area contributed by atoms with Gasteiger partial charge in [-0.25, -0.2) is 4.98 Å². The molecule has 0 aromatic carbocycles. The number of carbonyl (C=O) groups is 2. The number of carbonyl (C=O) groups excluding carboxylic acids is 2. The number of rotatable bonds is 4. The van der Waals surface area contributed by atoms with Crippen molar-refractivity contribution in [3.63, 3.8) is 0 Å². The molecule has 1 aromatic rings. The van der Waals surface area contributed by atoms with Crippen LogP contribution in [-0.4, -0.2) is 79.1 Å². The van der Waals surface area contributed by atoms with E-state index in [4.69, 9.17) is 9.15 Å². The molecule has 0 bridgehead atoms. The van der Waals surface area contributed by atoms with Gasteiger partial charge in [-0.15, -0.1) is 0 Å². The number of hydrogen-bond donors (Lipinski definition) is 1. The standard InChI is InChI=1S/C19H30N4O4/c1-12-17(27-13(2)20-12)18(24)21-15-11-14(5-6-16(15)26-4)19(25)23-9-7-22(3)8-10-23/h14-16H,5-11H2,1-4H3,(H,21,24)/t14-,15+,16+/m0/s1. The number of nitrogens with one attached hydrogen (secondary N) is 1. The van der Waals surface area contributed by atoms with Gasteiger partial charge in [-0.2, -0.15) is 0 Å². The summed E-state index contributed by atoms with van der Waals surface area (Å²) in [4.78, 5) is 33.9. The average Bonchev–Trinajstić information content (AvgIpc) is 3.00. The molecule has 0 radical (unpaired) electrons. The molecule has 2 amide bonds. The van der Waals surface area contributed by atoms with Gasteiger partial charge in [-0.05, 0) is 33.2 Å². The van der Waals surface area contributed by atoms with Crippen LogP contribution in [0.1, 0.15) is 41.4 Å². The van der Waals surface area contributed by atoms with Crippen LogP contribution in [0.2, 0.25) is 0 Å². The Morgan fingerprint density at radius 2 is 1.89 bits per heavy atom. The minimum absolute atomic E-state index is 0.0809. The van der Waals surface area contributed by atoms with Crippen molar-refractivity contribution in [1.29, 1.82) is 0 Å². The van der Waals surface area contributed by atoms with Crippen LogP contribution in [-0.2, 0) is 9.53 Å². The average molecular weight is 378 g/mol. The first-order chi connectivity index (χ1) is 12.9. The van der Waals surface area contributed by atoms with E-state index in [2.05, 4.69) is 22.2 Å². The molecule has 150 valence electrons. The molecule has 0 unspecified atom stereocenters. The zero-order valence-electron chi connectivity index (χ0n) is 16.7. The van der Waals surface area contributed by atoms with E-state index in [0.29, 0.717) is 18.0 Å². The minimum atomic E-state index is -0.298. The Hall–Kier alpha value is -1.93. The highest BCUT2D eigenvalue weighted by molar-refractivity contribution is 5.92. The van der Waals surface area contributed by atoms with Crippen molar-refractivity contribution in [3.05, 3.63) is 17.3 Å². The van der Waals surface area contributed by atoms with Crippen LogP contribution < -0.4 is 5.32 Å². The van der Waals surface area contributed by atoms with Crippen LogP contribution in [0.3, 0.4) is 0 Å². The maximum absolute atomic E-state index is 12.9. The number of nitrogens with zero attached hydrogens (tertiary/aromatic N) is 3. The van der Waals surface area contributed by atoms with Crippen molar-refractivity contribution in [2.45, 2.75) is 45.3 Å². The Kier molecular flexibility index (Phi) is 6.16. The van der Waals surface area contributed by atoms with Crippen LogP contribution in [0.25, 0.3) is 0 Å². The van der Waals surface area contributed by atoms with Crippen molar-refractivity contribution in [2.75, 3.05) is 40.3 Å². The number of aryl methyl sites for hydroxylation is 2. The Morgan fingerprint density at radius 3 is 2.48 bits per heavy atom. The predicted octanol–water partition coefficient (Wildman–Crippen LogP) is 0.979. The Balaban J connectivity index is 1.65. The van der Waals surface area contributed by atoms with E-state index in [1.54, 1.807) is 21.0 Å². The van der Waals surface area contributed by atoms with Crippen molar-refractivity contribution in [3.8, 4) is 0 Å². The lowest BCUT2D eigenvalue weighted by atomic mass is 9.82. The molecular formula is C19H30N4O4. The fourth-order valence-electron chi connectivity index (χ4n) is 4.06. The molecule has 1 aromatic heterocycles. The van der Waals surface area contributed by atoms with E-state index in [1.165, 1.54) is 0 Å². The molecule has 2 heterocycles. The maximum atomic E-state index is 12.9. The van der Waals surface area contributed by atoms with Gasteiger partial charge in [0.25, 0.3) is 5.91 Å². The predicted molar refractivity (Wildman–Crippen MR) is 99.4 cm³/mol. The molecule has 1 aliphatic carbocycles. The number of oxazole rings is 1. The highest BCUT2D eigenvalue weighted by Gasteiger charge is 2.37. The molecule has 1 saturated carbocycles. The highest BCUT2D eigenvalue weighted by atomic mass is 16.5. The van der Waals surface area contributed by atoms with Gasteiger partial charge in [0, 0.05) is 46.1 Å². The first-order valence-corrected chi connectivity index (χ1v) is 9.64. The summed E-state index contributed by atoms with van der Waals surface area (Å²) in [6, 6.07) is -0.220. The largest absolute Gasteiger partial charge is 0.436 e. The lowest BCUT2D eigenvalue weighted by molar-refractivity contribution is -0.139. The number of methoxy groups -OCH3 is 1. The lowest BCUT2D eigenvalue weighted by Crippen LogP contribution is -2.53. The van der Waals surface area contributed by atoms with Crippen LogP contribution in [0, 0.1) is 19.8 Å². The van der Waals surface area contributed by atoms with Crippen LogP contribution >= 0.6 is 0 Å². The number of amides is 2. The number of hydrogen-bond acceptors (Lipinski definition) is 6. The van der Waals surface area contributed by atoms with Crippen LogP contribution in [0.15, 0.2) is 4.42 Å². The summed E-state index contributed by atoms with van der Waals surface area (Å²) in [5.74, 6) is 0.515. The molecule has 2 aliphatic rings. The number of ether oxygens (including phenoxy) is 1. The molecule has 1 saturated heterocycles. The van der Waals surface area contributed by atoms with Gasteiger partial charge in [0.2, 0.25) is 11.7 Å². The zero-order valence-corrected chi connectivity index (χ0v) is 16.7. The molecule has 8 nitrogen and oxygen atoms in total. The molecular weight excluding hydrogens is 348 g/mol. The minimum Gasteiger partial charge on any atom is -0.436 e. The van der Waals surface area contributed by atoms with Crippen molar-refractivity contribution >= 4 is 11.8 Å². The molecule has 8 heteroatoms. The Morgan fingerprint density at radius 1 is 1.19 bits per heavy atom. The molecule has 27 heavy (non-hydrogen) atoms. The smallest absolute Gasteiger partial charge is 0.289 e. The summed E-state index contributed by atoms with van der Waals surface area (Å²) in [6.45, 7) is 6.82. The normalized spacial score (nSPS) is 26.8. The van der Waals surface area contributed by atoms with E-state index in [1.807, 2.05) is 4.90 Å². The summed E-state index contributed by atoms with van der Waals surface area (Å²) in [6.07, 6.45) is 2.02. The monoisotopic (exact) mass is 378 g/mol. The van der Waals surface area contributed by atoms with Crippen molar-refractivity contribution in [1.82, 2.24) is 20.1 Å². The van der Waals surface area contributed by atoms with Gasteiger partial charge >= 0.3 is 0 Å². The Labute approximate surface area is 160 Å². The summed E-state index contributed by atoms with van der Waals surface area (Å²) in [5.41, 5.74) is 0.569. The van der Waals surface area contributed by atoms with E-state index in [9.17, 15) is 9.59 Å². The lowest BCUT2D eigenvalue weighted by Gasteiger charge is -2.39. The Bertz CT molecular complexity index is 681. The van der Waals surface area contributed by atoms with Gasteiger partial charge < -0.3 is 24.3 Å². The molecule has 3 rings (SSSR count). The first-order valence-electron chi connectivity index (χ1n) is 9.64. The van der Waals surface area contributed by atoms with E-state index in [-0.39, 0.29) is 35.6 Å². The van der Waals surface area contributed by atoms with Gasteiger partial charge in [0.05, 0.1) is 17.8 Å². The van der Waals surface area contributed by atoms with Gasteiger partial charge in [-0.1, -0.05) is 0 Å². The van der Waals surface area contributed by atoms with E-state index in [0.717, 1.165) is 39.0 Å². The summed E-state index contributed by atoms with van der Waals surface area (Å²) >= 11 is 0. The molecule has 1 aliphatic heterocycles. The highest BCUT2D eigenvalue weighted by Crippen LogP contribution is 2.29. The second-order valence-electron chi connectivity index (χ2n) is 7.64. The van der Waals surface area contributed by atoms with E-state index >= 15 is 0 Å². The van der Waals surface area contributed by atoms with Crippen LogP contribution in [0.4, 0.5) is 0 Å². The van der Waals surface area contributed by atoms with Crippen molar-refractivity contribution in [2.24, 2.45) is 5.92 Å². The van der Waals surface area contributed by atoms with Crippen molar-refractivity contribution < 1.29 is 18.7 Å². The van der Waals surface area contributed by atoms with Gasteiger partial charge in [0.15, 0.2) is 5.89 Å². The third kappa shape index (κ3) is 4.50. The van der Waals surface area contributed by atoms with Crippen LogP contribution in [0.5, 0.6) is 0 Å². The summed E-state index contributed by atoms with van der Waals surface area (Å²) < 4.78 is 11.0. The number of piperazine rings is 1. The fraction of sp³-hybridized carbons (Fsp3) is 0.737. The molecule has 0 spiro atoms. The third-order valence-electron chi connectivity index (χ3n) is 5.68. The van der Waals surface area contributed by atoms with Gasteiger partial charge in [-0.3, -0.25) is 9.59 Å². The third-order valence-corrected chi connectivity index (χ3v) is 5.68. The quantitative estimate of drug-likeness (QED) is 0.840. The second kappa shape index (κ2) is 8.39. The maximum Gasteiger partial charge on any atom is 0.289 e.